The smallest absolute Gasteiger partial charge is 0.114 e. The van der Waals surface area contributed by atoms with Crippen molar-refractivity contribution in [2.45, 2.75) is 24.9 Å². The summed E-state index contributed by atoms with van der Waals surface area (Å²) < 4.78 is 0. The van der Waals surface area contributed by atoms with Crippen LogP contribution in [0.25, 0.3) is 0 Å². The monoisotopic (exact) mass is 211 g/mol. The molecule has 1 N–H and O–H groups in total. The molecule has 3 nitrogen and oxygen atoms in total. The van der Waals surface area contributed by atoms with Crippen LogP contribution in [-0.4, -0.2) is 28.8 Å². The third-order valence-electron chi connectivity index (χ3n) is 2.13. The Morgan fingerprint density at radius 3 is 2.71 bits per heavy atom. The molecule has 4 heteroatoms. The van der Waals surface area contributed by atoms with E-state index in [1.807, 2.05) is 7.05 Å². The molecule has 0 fully saturated rings. The Kier molecular flexibility index (Phi) is 4.90. The van der Waals surface area contributed by atoms with Gasteiger partial charge in [0.05, 0.1) is 6.20 Å². The van der Waals surface area contributed by atoms with Gasteiger partial charge in [-0.15, -0.1) is 11.8 Å². The lowest BCUT2D eigenvalue weighted by Gasteiger charge is -2.18. The van der Waals surface area contributed by atoms with Crippen molar-refractivity contribution in [1.82, 2.24) is 15.3 Å². The number of hydrogen-bond acceptors (Lipinski definition) is 4. The quantitative estimate of drug-likeness (QED) is 0.754. The van der Waals surface area contributed by atoms with Gasteiger partial charge in [0.2, 0.25) is 0 Å². The van der Waals surface area contributed by atoms with Crippen LogP contribution < -0.4 is 5.32 Å². The van der Waals surface area contributed by atoms with Crippen molar-refractivity contribution in [3.05, 3.63) is 18.6 Å². The van der Waals surface area contributed by atoms with Crippen molar-refractivity contribution in [3.63, 3.8) is 0 Å². The summed E-state index contributed by atoms with van der Waals surface area (Å²) >= 11 is 1.75. The molecule has 0 amide bonds. The van der Waals surface area contributed by atoms with Crippen LogP contribution in [0.4, 0.5) is 0 Å². The van der Waals surface area contributed by atoms with Crippen molar-refractivity contribution in [2.24, 2.45) is 5.92 Å². The van der Waals surface area contributed by atoms with E-state index in [2.05, 4.69) is 29.1 Å². The minimum absolute atomic E-state index is 0.530. The zero-order chi connectivity index (χ0) is 10.4. The third kappa shape index (κ3) is 3.64. The molecule has 0 radical (unpaired) electrons. The van der Waals surface area contributed by atoms with Gasteiger partial charge in [0.1, 0.15) is 5.03 Å². The maximum atomic E-state index is 4.22. The Bertz CT molecular complexity index is 251. The minimum Gasteiger partial charge on any atom is -0.316 e. The lowest BCUT2D eigenvalue weighted by molar-refractivity contribution is 0.465. The highest BCUT2D eigenvalue weighted by Crippen LogP contribution is 2.16. The molecular weight excluding hydrogens is 194 g/mol. The fraction of sp³-hybridized carbons (Fsp3) is 0.600. The lowest BCUT2D eigenvalue weighted by atomic mass is 10.1. The van der Waals surface area contributed by atoms with Gasteiger partial charge in [-0.2, -0.15) is 0 Å². The van der Waals surface area contributed by atoms with Crippen LogP contribution >= 0.6 is 11.8 Å². The number of hydrogen-bond donors (Lipinski definition) is 1. The second kappa shape index (κ2) is 5.98. The number of nitrogens with one attached hydrogen (secondary N) is 1. The molecule has 0 saturated carbocycles. The van der Waals surface area contributed by atoms with Crippen molar-refractivity contribution in [1.29, 1.82) is 0 Å². The first kappa shape index (κ1) is 11.5. The molecule has 1 atom stereocenters. The van der Waals surface area contributed by atoms with Gasteiger partial charge >= 0.3 is 0 Å². The maximum absolute atomic E-state index is 4.22. The molecule has 1 heterocycles. The van der Waals surface area contributed by atoms with Crippen molar-refractivity contribution in [2.75, 3.05) is 12.8 Å². The first-order chi connectivity index (χ1) is 6.74. The first-order valence-electron chi connectivity index (χ1n) is 4.80. The molecule has 14 heavy (non-hydrogen) atoms. The molecule has 1 aromatic heterocycles. The summed E-state index contributed by atoms with van der Waals surface area (Å²) in [6.45, 7) is 4.44. The Labute approximate surface area is 89.7 Å². The van der Waals surface area contributed by atoms with Gasteiger partial charge in [0.25, 0.3) is 0 Å². The van der Waals surface area contributed by atoms with Crippen molar-refractivity contribution >= 4 is 11.8 Å². The van der Waals surface area contributed by atoms with Crippen LogP contribution in [0, 0.1) is 5.92 Å². The van der Waals surface area contributed by atoms with Crippen molar-refractivity contribution in [3.8, 4) is 0 Å². The average Bonchev–Trinajstić information content (AvgIpc) is 2.20. The van der Waals surface area contributed by atoms with E-state index in [1.165, 1.54) is 0 Å². The molecular formula is C10H17N3S. The van der Waals surface area contributed by atoms with E-state index in [0.29, 0.717) is 12.0 Å². The third-order valence-corrected chi connectivity index (χ3v) is 3.16. The molecule has 78 valence electrons. The van der Waals surface area contributed by atoms with Crippen LogP contribution in [0.1, 0.15) is 13.8 Å². The van der Waals surface area contributed by atoms with Gasteiger partial charge in [-0.1, -0.05) is 13.8 Å². The average molecular weight is 211 g/mol. The van der Waals surface area contributed by atoms with Crippen LogP contribution in [0.2, 0.25) is 0 Å². The molecule has 0 spiro atoms. The number of rotatable bonds is 5. The highest BCUT2D eigenvalue weighted by Gasteiger charge is 2.11. The summed E-state index contributed by atoms with van der Waals surface area (Å²) in [4.78, 5) is 8.25. The molecule has 0 aliphatic carbocycles. The minimum atomic E-state index is 0.530. The van der Waals surface area contributed by atoms with Crippen LogP contribution in [0.5, 0.6) is 0 Å². The standard InChI is InChI=1S/C10H17N3S/c1-8(2)9(11-3)7-14-10-6-12-4-5-13-10/h4-6,8-9,11H,7H2,1-3H3. The maximum Gasteiger partial charge on any atom is 0.114 e. The summed E-state index contributed by atoms with van der Waals surface area (Å²) in [6.07, 6.45) is 5.23. The normalized spacial score (nSPS) is 13.1. The van der Waals surface area contributed by atoms with Gasteiger partial charge < -0.3 is 5.32 Å². The topological polar surface area (TPSA) is 37.8 Å². The summed E-state index contributed by atoms with van der Waals surface area (Å²) in [5, 5.41) is 4.30. The van der Waals surface area contributed by atoms with E-state index in [-0.39, 0.29) is 0 Å². The van der Waals surface area contributed by atoms with Gasteiger partial charge in [-0.3, -0.25) is 4.98 Å². The largest absolute Gasteiger partial charge is 0.316 e. The van der Waals surface area contributed by atoms with Crippen LogP contribution in [-0.2, 0) is 0 Å². The zero-order valence-corrected chi connectivity index (χ0v) is 9.71. The molecule has 1 aromatic rings. The van der Waals surface area contributed by atoms with Gasteiger partial charge in [0, 0.05) is 24.2 Å². The SMILES string of the molecule is CNC(CSc1cnccn1)C(C)C. The fourth-order valence-corrected chi connectivity index (χ4v) is 2.32. The number of nitrogens with zero attached hydrogens (tertiary/aromatic N) is 2. The molecule has 0 bridgehead atoms. The lowest BCUT2D eigenvalue weighted by Crippen LogP contribution is -2.32. The molecule has 1 rings (SSSR count). The molecule has 1 unspecified atom stereocenters. The second-order valence-electron chi connectivity index (χ2n) is 3.49. The molecule has 0 saturated heterocycles. The van der Waals surface area contributed by atoms with Crippen LogP contribution in [0.3, 0.4) is 0 Å². The van der Waals surface area contributed by atoms with E-state index < -0.39 is 0 Å². The van der Waals surface area contributed by atoms with Gasteiger partial charge in [-0.25, -0.2) is 4.98 Å². The molecule has 0 aliphatic rings. The summed E-state index contributed by atoms with van der Waals surface area (Å²) in [7, 11) is 2.00. The predicted molar refractivity (Wildman–Crippen MR) is 60.4 cm³/mol. The van der Waals surface area contributed by atoms with E-state index in [9.17, 15) is 0 Å². The summed E-state index contributed by atoms with van der Waals surface area (Å²) in [5.74, 6) is 1.68. The highest BCUT2D eigenvalue weighted by atomic mass is 32.2. The highest BCUT2D eigenvalue weighted by molar-refractivity contribution is 7.99. The van der Waals surface area contributed by atoms with Crippen LogP contribution in [0.15, 0.2) is 23.6 Å². The van der Waals surface area contributed by atoms with Gasteiger partial charge in [0.15, 0.2) is 0 Å². The zero-order valence-electron chi connectivity index (χ0n) is 8.90. The Balaban J connectivity index is 2.40. The van der Waals surface area contributed by atoms with E-state index in [4.69, 9.17) is 0 Å². The number of thioether (sulfide) groups is 1. The summed E-state index contributed by atoms with van der Waals surface area (Å²) in [6, 6.07) is 0.530. The fourth-order valence-electron chi connectivity index (χ4n) is 1.14. The molecule has 0 aromatic carbocycles. The first-order valence-corrected chi connectivity index (χ1v) is 5.78. The predicted octanol–water partition coefficient (Wildman–Crippen LogP) is 1.81. The van der Waals surface area contributed by atoms with E-state index in [0.717, 1.165) is 10.8 Å². The Morgan fingerprint density at radius 2 is 2.21 bits per heavy atom. The van der Waals surface area contributed by atoms with E-state index >= 15 is 0 Å². The molecule has 0 aliphatic heterocycles. The van der Waals surface area contributed by atoms with Crippen molar-refractivity contribution < 1.29 is 0 Å². The Hall–Kier alpha value is -0.610. The Morgan fingerprint density at radius 1 is 1.43 bits per heavy atom. The second-order valence-corrected chi connectivity index (χ2v) is 4.53. The van der Waals surface area contributed by atoms with E-state index in [1.54, 1.807) is 30.4 Å². The number of aromatic nitrogens is 2. The van der Waals surface area contributed by atoms with Gasteiger partial charge in [-0.05, 0) is 13.0 Å². The summed E-state index contributed by atoms with van der Waals surface area (Å²) in [5.41, 5.74) is 0.